The fraction of sp³-hybridized carbons (Fsp3) is 0.806. The molecule has 3 unspecified atom stereocenters. The molecule has 1 amide bonds. The zero-order chi connectivity index (χ0) is 55.6. The highest BCUT2D eigenvalue weighted by Gasteiger charge is 2.24. The number of carbonyl (C=O) groups excluding carboxylic acids is 1. The molecule has 0 aromatic heterocycles. The van der Waals surface area contributed by atoms with Crippen molar-refractivity contribution in [3.63, 3.8) is 0 Å². The molecule has 8 nitrogen and oxygen atoms in total. The number of phosphoric acid groups is 1. The molecule has 2 N–H and O–H groups in total. The first-order valence-electron chi connectivity index (χ1n) is 32.3. The van der Waals surface area contributed by atoms with Gasteiger partial charge in [0.2, 0.25) is 5.91 Å². The summed E-state index contributed by atoms with van der Waals surface area (Å²) < 4.78 is 23.5. The minimum atomic E-state index is -4.58. The lowest BCUT2D eigenvalue weighted by Gasteiger charge is -2.30. The first-order chi connectivity index (χ1) is 37.0. The van der Waals surface area contributed by atoms with Crippen molar-refractivity contribution in [1.29, 1.82) is 0 Å². The van der Waals surface area contributed by atoms with Gasteiger partial charge in [-0.3, -0.25) is 9.36 Å². The van der Waals surface area contributed by atoms with Crippen LogP contribution in [0.25, 0.3) is 0 Å². The van der Waals surface area contributed by atoms with Crippen LogP contribution in [0.15, 0.2) is 72.9 Å². The SMILES string of the molecule is CC/C=C\C/C=C\C/C=C\C/C=C\C/C=C\C/C=C\CCCCCCCCCCCCCCCCC(=O)NC(COP(=O)([O-])OCC[N+](C)(C)C)C(O)CCCCCCCCCCCCCCCCCCCCCCC. The number of carbonyl (C=O) groups is 1. The molecule has 0 heterocycles. The molecule has 0 saturated carbocycles. The maximum atomic E-state index is 13.0. The van der Waals surface area contributed by atoms with Gasteiger partial charge in [-0.2, -0.15) is 0 Å². The van der Waals surface area contributed by atoms with Crippen molar-refractivity contribution in [3.8, 4) is 0 Å². The number of amides is 1. The molecule has 0 saturated heterocycles. The third kappa shape index (κ3) is 59.6. The fourth-order valence-corrected chi connectivity index (χ4v) is 10.2. The second kappa shape index (κ2) is 57.6. The summed E-state index contributed by atoms with van der Waals surface area (Å²) in [5.74, 6) is -0.164. The van der Waals surface area contributed by atoms with E-state index in [9.17, 15) is 19.4 Å². The van der Waals surface area contributed by atoms with Crippen molar-refractivity contribution >= 4 is 13.7 Å². The molecule has 0 aromatic rings. The predicted octanol–water partition coefficient (Wildman–Crippen LogP) is 19.6. The van der Waals surface area contributed by atoms with E-state index in [1.54, 1.807) is 0 Å². The van der Waals surface area contributed by atoms with Crippen LogP contribution in [0.4, 0.5) is 0 Å². The van der Waals surface area contributed by atoms with Crippen LogP contribution in [0, 0.1) is 0 Å². The van der Waals surface area contributed by atoms with Crippen LogP contribution < -0.4 is 10.2 Å². The summed E-state index contributed by atoms with van der Waals surface area (Å²) in [5.41, 5.74) is 0. The summed E-state index contributed by atoms with van der Waals surface area (Å²) in [4.78, 5) is 25.6. The number of quaternary nitrogens is 1. The number of rotatable bonds is 59. The number of aliphatic hydroxyl groups is 1. The van der Waals surface area contributed by atoms with Gasteiger partial charge in [0.15, 0.2) is 0 Å². The van der Waals surface area contributed by atoms with Crippen LogP contribution in [0.1, 0.15) is 296 Å². The Morgan fingerprint density at radius 2 is 0.803 bits per heavy atom. The molecule has 0 spiro atoms. The summed E-state index contributed by atoms with van der Waals surface area (Å²) in [5, 5.41) is 14.1. The van der Waals surface area contributed by atoms with Gasteiger partial charge in [-0.05, 0) is 64.2 Å². The van der Waals surface area contributed by atoms with E-state index in [1.807, 2.05) is 21.1 Å². The predicted molar refractivity (Wildman–Crippen MR) is 330 cm³/mol. The van der Waals surface area contributed by atoms with Crippen molar-refractivity contribution in [1.82, 2.24) is 5.32 Å². The van der Waals surface area contributed by atoms with Crippen LogP contribution in [0.3, 0.4) is 0 Å². The van der Waals surface area contributed by atoms with Gasteiger partial charge in [-0.15, -0.1) is 0 Å². The molecule has 0 fully saturated rings. The molecular weight excluding hydrogens is 960 g/mol. The van der Waals surface area contributed by atoms with Gasteiger partial charge >= 0.3 is 0 Å². The molecular formula is C67H125N2O6P. The average Bonchev–Trinajstić information content (AvgIpc) is 3.38. The van der Waals surface area contributed by atoms with Crippen molar-refractivity contribution in [3.05, 3.63) is 72.9 Å². The Morgan fingerprint density at radius 1 is 0.474 bits per heavy atom. The van der Waals surface area contributed by atoms with Crippen LogP contribution in [0.5, 0.6) is 0 Å². The Hall–Kier alpha value is -2.06. The van der Waals surface area contributed by atoms with E-state index in [0.717, 1.165) is 77.0 Å². The van der Waals surface area contributed by atoms with Gasteiger partial charge in [0.05, 0.1) is 39.9 Å². The molecule has 3 atom stereocenters. The number of unbranched alkanes of at least 4 members (excludes halogenated alkanes) is 34. The molecule has 76 heavy (non-hydrogen) atoms. The lowest BCUT2D eigenvalue weighted by Crippen LogP contribution is -2.46. The number of nitrogens with zero attached hydrogens (tertiary/aromatic N) is 1. The zero-order valence-corrected chi connectivity index (χ0v) is 51.6. The minimum absolute atomic E-state index is 0.0109. The van der Waals surface area contributed by atoms with Gasteiger partial charge in [0.25, 0.3) is 7.82 Å². The van der Waals surface area contributed by atoms with E-state index >= 15 is 0 Å². The Bertz CT molecular complexity index is 1470. The Labute approximate surface area is 472 Å². The number of aliphatic hydroxyl groups excluding tert-OH is 1. The lowest BCUT2D eigenvalue weighted by molar-refractivity contribution is -0.870. The summed E-state index contributed by atoms with van der Waals surface area (Å²) >= 11 is 0. The second-order valence-corrected chi connectivity index (χ2v) is 24.5. The fourth-order valence-electron chi connectivity index (χ4n) is 9.46. The third-order valence-electron chi connectivity index (χ3n) is 14.5. The van der Waals surface area contributed by atoms with Crippen molar-refractivity contribution in [2.75, 3.05) is 40.9 Å². The molecule has 0 aliphatic carbocycles. The van der Waals surface area contributed by atoms with Gasteiger partial charge in [0, 0.05) is 6.42 Å². The number of likely N-dealkylation sites (N-methyl/N-ethyl adjacent to an activating group) is 1. The van der Waals surface area contributed by atoms with Crippen molar-refractivity contribution in [2.24, 2.45) is 0 Å². The van der Waals surface area contributed by atoms with E-state index < -0.39 is 20.0 Å². The molecule has 0 rings (SSSR count). The van der Waals surface area contributed by atoms with Crippen molar-refractivity contribution < 1.29 is 32.9 Å². The number of nitrogens with one attached hydrogen (secondary N) is 1. The van der Waals surface area contributed by atoms with Crippen LogP contribution in [-0.4, -0.2) is 68.5 Å². The van der Waals surface area contributed by atoms with Gasteiger partial charge in [-0.1, -0.05) is 299 Å². The van der Waals surface area contributed by atoms with Crippen LogP contribution in [0.2, 0.25) is 0 Å². The molecule has 0 aromatic carbocycles. The first-order valence-corrected chi connectivity index (χ1v) is 33.7. The lowest BCUT2D eigenvalue weighted by atomic mass is 10.0. The normalized spacial score (nSPS) is 14.2. The smallest absolute Gasteiger partial charge is 0.268 e. The number of hydrogen-bond donors (Lipinski definition) is 2. The largest absolute Gasteiger partial charge is 0.756 e. The molecule has 444 valence electrons. The van der Waals surface area contributed by atoms with E-state index in [4.69, 9.17) is 9.05 Å². The molecule has 9 heteroatoms. The maximum Gasteiger partial charge on any atom is 0.268 e. The quantitative estimate of drug-likeness (QED) is 0.0272. The number of allylic oxidation sites excluding steroid dienone is 12. The second-order valence-electron chi connectivity index (χ2n) is 23.1. The van der Waals surface area contributed by atoms with Crippen molar-refractivity contribution in [2.45, 2.75) is 309 Å². The van der Waals surface area contributed by atoms with Crippen LogP contribution >= 0.6 is 7.82 Å². The molecule has 0 aliphatic rings. The first kappa shape index (κ1) is 73.9. The summed E-state index contributed by atoms with van der Waals surface area (Å²) in [6.07, 6.45) is 79.5. The number of phosphoric ester groups is 1. The molecule has 0 bridgehead atoms. The van der Waals surface area contributed by atoms with Gasteiger partial charge < -0.3 is 28.8 Å². The Morgan fingerprint density at radius 3 is 1.17 bits per heavy atom. The highest BCUT2D eigenvalue weighted by Crippen LogP contribution is 2.38. The van der Waals surface area contributed by atoms with Gasteiger partial charge in [0.1, 0.15) is 13.2 Å². The Balaban J connectivity index is 4.07. The zero-order valence-electron chi connectivity index (χ0n) is 50.7. The summed E-state index contributed by atoms with van der Waals surface area (Å²) in [7, 11) is 1.31. The monoisotopic (exact) mass is 1080 g/mol. The number of hydrogen-bond acceptors (Lipinski definition) is 6. The highest BCUT2D eigenvalue weighted by atomic mass is 31.2. The standard InChI is InChI=1S/C67H125N2O6P/c1-6-8-10-12-14-16-18-20-22-24-26-28-29-30-31-32-33-34-35-36-37-38-39-41-43-45-47-49-51-53-55-57-59-61-67(71)68-65(64-75-76(72,73)74-63-62-69(3,4)5)66(70)60-58-56-54-52-50-48-46-44-42-40-27-25-23-21-19-17-15-13-11-9-7-2/h8,10,14,16,20,22,26,28,30-31,33-34,65-66,70H,6-7,9,11-13,15,17-19,21,23-25,27,29,32,35-64H2,1-5H3,(H-,68,71,72,73)/b10-8-,16-14-,22-20-,28-26-,31-30-,34-33-. The average molecular weight is 1090 g/mol. The van der Waals surface area contributed by atoms with E-state index in [-0.39, 0.29) is 19.1 Å². The highest BCUT2D eigenvalue weighted by molar-refractivity contribution is 7.45. The minimum Gasteiger partial charge on any atom is -0.756 e. The summed E-state index contributed by atoms with van der Waals surface area (Å²) in [6.45, 7) is 4.64. The van der Waals surface area contributed by atoms with Crippen LogP contribution in [-0.2, 0) is 18.4 Å². The van der Waals surface area contributed by atoms with E-state index in [0.29, 0.717) is 23.9 Å². The van der Waals surface area contributed by atoms with Gasteiger partial charge in [-0.25, -0.2) is 0 Å². The van der Waals surface area contributed by atoms with E-state index in [1.165, 1.54) is 193 Å². The topological polar surface area (TPSA) is 108 Å². The Kier molecular flexibility index (Phi) is 56.1. The third-order valence-corrected chi connectivity index (χ3v) is 15.4. The van der Waals surface area contributed by atoms with E-state index in [2.05, 4.69) is 92.1 Å². The molecule has 0 aliphatic heterocycles. The summed E-state index contributed by atoms with van der Waals surface area (Å²) in [6, 6.07) is -0.805. The maximum absolute atomic E-state index is 13.0. The molecule has 0 radical (unpaired) electrons.